The van der Waals surface area contributed by atoms with Gasteiger partial charge in [0.25, 0.3) is 10.0 Å². The third-order valence-corrected chi connectivity index (χ3v) is 8.89. The van der Waals surface area contributed by atoms with Crippen molar-refractivity contribution in [2.75, 3.05) is 19.6 Å². The molecule has 2 rings (SSSR count). The Kier molecular flexibility index (Phi) is 8.87. The van der Waals surface area contributed by atoms with Crippen LogP contribution in [0.15, 0.2) is 14.5 Å². The lowest BCUT2D eigenvalue weighted by molar-refractivity contribution is -0.147. The molecule has 0 amide bonds. The maximum absolute atomic E-state index is 12.9. The predicted octanol–water partition coefficient (Wildman–Crippen LogP) is 1.20. The molecule has 28 heavy (non-hydrogen) atoms. The Balaban J connectivity index is 0.00000392. The van der Waals surface area contributed by atoms with Crippen molar-refractivity contribution >= 4 is 49.8 Å². The van der Waals surface area contributed by atoms with Crippen molar-refractivity contribution in [3.8, 4) is 0 Å². The van der Waals surface area contributed by atoms with Gasteiger partial charge in [-0.25, -0.2) is 22.0 Å². The highest BCUT2D eigenvalue weighted by Gasteiger charge is 2.39. The van der Waals surface area contributed by atoms with Crippen molar-refractivity contribution in [3.63, 3.8) is 0 Å². The Morgan fingerprint density at radius 1 is 1.46 bits per heavy atom. The van der Waals surface area contributed by atoms with Gasteiger partial charge in [0.15, 0.2) is 0 Å². The number of rotatable bonds is 8. The molecule has 0 fully saturated rings. The maximum Gasteiger partial charge on any atom is 0.306 e. The fourth-order valence-electron chi connectivity index (χ4n) is 2.82. The van der Waals surface area contributed by atoms with E-state index in [0.717, 1.165) is 0 Å². The van der Waals surface area contributed by atoms with E-state index in [2.05, 4.69) is 5.32 Å². The average Bonchev–Trinajstić information content (AvgIpc) is 2.98. The minimum absolute atomic E-state index is 0. The van der Waals surface area contributed by atoms with Crippen molar-refractivity contribution in [2.45, 2.75) is 54.2 Å². The summed E-state index contributed by atoms with van der Waals surface area (Å²) in [6, 6.07) is 0.986. The molecule has 1 aromatic heterocycles. The lowest BCUT2D eigenvalue weighted by Gasteiger charge is -2.32. The number of nitrogens with zero attached hydrogens (tertiary/aromatic N) is 1. The minimum Gasteiger partial charge on any atom is -0.463 e. The third kappa shape index (κ3) is 5.88. The Morgan fingerprint density at radius 3 is 2.64 bits per heavy atom. The van der Waals surface area contributed by atoms with Gasteiger partial charge < -0.3 is 10.1 Å². The van der Waals surface area contributed by atoms with Crippen LogP contribution in [0.2, 0.25) is 0 Å². The molecule has 2 heterocycles. The number of nitrogens with one attached hydrogen (secondary N) is 1. The second-order valence-corrected chi connectivity index (χ2v) is 11.4. The van der Waals surface area contributed by atoms with E-state index in [1.807, 2.05) is 6.92 Å². The number of hydrogen-bond acceptors (Lipinski definition) is 8. The fraction of sp³-hybridized carbons (Fsp3) is 0.667. The summed E-state index contributed by atoms with van der Waals surface area (Å²) in [5.41, 5.74) is 0.418. The molecule has 1 aliphatic rings. The first-order valence-electron chi connectivity index (χ1n) is 8.56. The van der Waals surface area contributed by atoms with Gasteiger partial charge in [-0.2, -0.15) is 4.31 Å². The number of halogens is 1. The van der Waals surface area contributed by atoms with E-state index in [-0.39, 0.29) is 58.5 Å². The van der Waals surface area contributed by atoms with Gasteiger partial charge in [-0.05, 0) is 32.9 Å². The molecule has 1 aliphatic heterocycles. The summed E-state index contributed by atoms with van der Waals surface area (Å²) in [5, 5.41) is 8.34. The summed E-state index contributed by atoms with van der Waals surface area (Å²) in [4.78, 5) is 11.7. The zero-order chi connectivity index (χ0) is 20.4. The Hall–Kier alpha value is -0.760. The average molecular weight is 476 g/mol. The fourth-order valence-corrected chi connectivity index (χ4v) is 7.13. The summed E-state index contributed by atoms with van der Waals surface area (Å²) in [6.45, 7) is 6.24. The Labute approximate surface area is 176 Å². The molecule has 0 saturated heterocycles. The van der Waals surface area contributed by atoms with Crippen LogP contribution in [0.3, 0.4) is 0 Å². The second kappa shape index (κ2) is 9.83. The normalized spacial score (nSPS) is 19.1. The summed E-state index contributed by atoms with van der Waals surface area (Å²) < 4.78 is 55.2. The van der Waals surface area contributed by atoms with Gasteiger partial charge in [0, 0.05) is 31.1 Å². The van der Waals surface area contributed by atoms with E-state index in [4.69, 9.17) is 9.88 Å². The zero-order valence-electron chi connectivity index (χ0n) is 15.9. The van der Waals surface area contributed by atoms with Gasteiger partial charge in [0.05, 0.1) is 6.10 Å². The standard InChI is InChI=1S/C15H25N3O6S3.ClH/c1-4-17-12-9-18(7-5-6-13(19)24-10(2)3)27(22,23)15-11(12)8-14(25-15)26(16,20)21;/h8,10,12,17H,4-7,9H2,1-3H3,(H2,16,20,21);1H/t12-;/m0./s1. The van der Waals surface area contributed by atoms with Gasteiger partial charge in [0.2, 0.25) is 10.0 Å². The molecule has 162 valence electrons. The SMILES string of the molecule is CCN[C@H]1CN(CCCC(=O)OC(C)C)S(=O)(=O)c2sc(S(N)(=O)=O)cc21.Cl. The third-order valence-electron chi connectivity index (χ3n) is 3.92. The highest BCUT2D eigenvalue weighted by molar-refractivity contribution is 7.94. The molecule has 0 unspecified atom stereocenters. The number of likely N-dealkylation sites (N-methyl/N-ethyl adjacent to an activating group) is 1. The number of ether oxygens (including phenoxy) is 1. The quantitative estimate of drug-likeness (QED) is 0.539. The summed E-state index contributed by atoms with van der Waals surface area (Å²) in [6.07, 6.45) is 0.196. The molecule has 1 atom stereocenters. The Morgan fingerprint density at radius 2 is 2.11 bits per heavy atom. The first-order valence-corrected chi connectivity index (χ1v) is 12.4. The predicted molar refractivity (Wildman–Crippen MR) is 109 cm³/mol. The maximum atomic E-state index is 12.9. The van der Waals surface area contributed by atoms with Crippen molar-refractivity contribution < 1.29 is 26.4 Å². The molecule has 0 saturated carbocycles. The lowest BCUT2D eigenvalue weighted by Crippen LogP contribution is -2.43. The molecule has 9 nitrogen and oxygen atoms in total. The van der Waals surface area contributed by atoms with Crippen LogP contribution in [0.5, 0.6) is 0 Å². The van der Waals surface area contributed by atoms with Crippen LogP contribution >= 0.6 is 23.7 Å². The van der Waals surface area contributed by atoms with Gasteiger partial charge in [-0.15, -0.1) is 23.7 Å². The second-order valence-electron chi connectivity index (χ2n) is 6.47. The highest BCUT2D eigenvalue weighted by Crippen LogP contribution is 2.39. The van der Waals surface area contributed by atoms with Crippen LogP contribution in [-0.4, -0.2) is 52.8 Å². The number of esters is 1. The number of carbonyl (C=O) groups excluding carboxylic acids is 1. The van der Waals surface area contributed by atoms with Crippen molar-refractivity contribution in [1.82, 2.24) is 9.62 Å². The van der Waals surface area contributed by atoms with E-state index in [9.17, 15) is 21.6 Å². The number of hydrogen-bond donors (Lipinski definition) is 2. The summed E-state index contributed by atoms with van der Waals surface area (Å²) in [5.74, 6) is -0.379. The molecule has 0 radical (unpaired) electrons. The van der Waals surface area contributed by atoms with Crippen LogP contribution in [0.25, 0.3) is 0 Å². The largest absolute Gasteiger partial charge is 0.463 e. The molecule has 13 heteroatoms. The van der Waals surface area contributed by atoms with Crippen molar-refractivity contribution in [2.24, 2.45) is 5.14 Å². The van der Waals surface area contributed by atoms with E-state index >= 15 is 0 Å². The van der Waals surface area contributed by atoms with Gasteiger partial charge in [-0.1, -0.05) is 6.92 Å². The van der Waals surface area contributed by atoms with Crippen LogP contribution in [0.1, 0.15) is 45.2 Å². The Bertz CT molecular complexity index is 898. The van der Waals surface area contributed by atoms with Crippen molar-refractivity contribution in [1.29, 1.82) is 0 Å². The zero-order valence-corrected chi connectivity index (χ0v) is 19.1. The van der Waals surface area contributed by atoms with E-state index in [1.165, 1.54) is 10.4 Å². The first kappa shape index (κ1) is 25.3. The lowest BCUT2D eigenvalue weighted by atomic mass is 10.1. The van der Waals surface area contributed by atoms with Crippen LogP contribution in [0.4, 0.5) is 0 Å². The van der Waals surface area contributed by atoms with Crippen LogP contribution in [-0.2, 0) is 29.6 Å². The number of sulfonamides is 2. The van der Waals surface area contributed by atoms with Gasteiger partial charge in [0.1, 0.15) is 8.42 Å². The van der Waals surface area contributed by atoms with Crippen molar-refractivity contribution in [3.05, 3.63) is 11.6 Å². The highest BCUT2D eigenvalue weighted by atomic mass is 35.5. The topological polar surface area (TPSA) is 136 Å². The first-order chi connectivity index (χ1) is 12.5. The number of carbonyl (C=O) groups is 1. The van der Waals surface area contributed by atoms with E-state index < -0.39 is 20.0 Å². The number of primary sulfonamides is 1. The monoisotopic (exact) mass is 475 g/mol. The van der Waals surface area contributed by atoms with Gasteiger partial charge >= 0.3 is 5.97 Å². The van der Waals surface area contributed by atoms with Crippen LogP contribution < -0.4 is 10.5 Å². The summed E-state index contributed by atoms with van der Waals surface area (Å²) >= 11 is 0.657. The number of nitrogens with two attached hydrogens (primary N) is 1. The molecular formula is C15H26ClN3O6S3. The van der Waals surface area contributed by atoms with E-state index in [0.29, 0.717) is 29.9 Å². The minimum atomic E-state index is -4.00. The smallest absolute Gasteiger partial charge is 0.306 e. The number of fused-ring (bicyclic) bond motifs is 1. The molecule has 1 aromatic rings. The molecule has 0 bridgehead atoms. The van der Waals surface area contributed by atoms with E-state index in [1.54, 1.807) is 13.8 Å². The molecule has 3 N–H and O–H groups in total. The molecular weight excluding hydrogens is 450 g/mol. The molecule has 0 aliphatic carbocycles. The molecule has 0 aromatic carbocycles. The molecule has 0 spiro atoms. The van der Waals surface area contributed by atoms with Crippen LogP contribution in [0, 0.1) is 0 Å². The van der Waals surface area contributed by atoms with Gasteiger partial charge in [-0.3, -0.25) is 4.79 Å². The number of thiophene rings is 1. The summed E-state index contributed by atoms with van der Waals surface area (Å²) in [7, 11) is -7.85.